The molecule has 96 valence electrons. The summed E-state index contributed by atoms with van der Waals surface area (Å²) in [6.07, 6.45) is 2.79. The molecular weight excluding hydrogens is 242 g/mol. The highest BCUT2D eigenvalue weighted by molar-refractivity contribution is 6.03. The van der Waals surface area contributed by atoms with Crippen LogP contribution in [0.25, 0.3) is 0 Å². The summed E-state index contributed by atoms with van der Waals surface area (Å²) in [5, 5.41) is 13.7. The van der Waals surface area contributed by atoms with Gasteiger partial charge >= 0.3 is 0 Å². The van der Waals surface area contributed by atoms with Crippen LogP contribution in [0.2, 0.25) is 0 Å². The molecule has 1 aromatic heterocycles. The second-order valence-corrected chi connectivity index (χ2v) is 4.35. The maximum absolute atomic E-state index is 11.9. The number of nitrogens with one attached hydrogen (secondary N) is 1. The maximum Gasteiger partial charge on any atom is 0.275 e. The van der Waals surface area contributed by atoms with Crippen LogP contribution in [0.15, 0.2) is 47.7 Å². The number of aryl methyl sites for hydroxylation is 1. The molecule has 1 aliphatic rings. The van der Waals surface area contributed by atoms with Crippen LogP contribution in [0.3, 0.4) is 0 Å². The number of carbonyl (C=O) groups is 1. The van der Waals surface area contributed by atoms with E-state index in [1.807, 2.05) is 18.3 Å². The molecule has 1 aromatic carbocycles. The van der Waals surface area contributed by atoms with Crippen molar-refractivity contribution in [2.24, 2.45) is 5.10 Å². The van der Waals surface area contributed by atoms with Crippen LogP contribution in [0.1, 0.15) is 22.5 Å². The van der Waals surface area contributed by atoms with E-state index in [1.54, 1.807) is 18.2 Å². The van der Waals surface area contributed by atoms with Gasteiger partial charge in [-0.05, 0) is 24.3 Å². The van der Waals surface area contributed by atoms with Crippen LogP contribution in [0, 0.1) is 0 Å². The van der Waals surface area contributed by atoms with Crippen LogP contribution in [-0.2, 0) is 6.54 Å². The molecule has 0 saturated carbocycles. The number of benzene rings is 1. The number of hydrogen-bond acceptors (Lipinski definition) is 3. The van der Waals surface area contributed by atoms with Crippen LogP contribution in [-0.4, -0.2) is 21.3 Å². The van der Waals surface area contributed by atoms with E-state index in [1.165, 1.54) is 6.07 Å². The van der Waals surface area contributed by atoms with Crippen molar-refractivity contribution in [1.82, 2.24) is 9.99 Å². The van der Waals surface area contributed by atoms with Gasteiger partial charge in [-0.1, -0.05) is 12.1 Å². The first-order chi connectivity index (χ1) is 9.25. The van der Waals surface area contributed by atoms with E-state index in [9.17, 15) is 9.90 Å². The zero-order chi connectivity index (χ0) is 13.2. The van der Waals surface area contributed by atoms with Gasteiger partial charge in [0.15, 0.2) is 0 Å². The molecule has 0 atom stereocenters. The van der Waals surface area contributed by atoms with Gasteiger partial charge < -0.3 is 9.67 Å². The summed E-state index contributed by atoms with van der Waals surface area (Å²) in [5.41, 5.74) is 4.59. The Morgan fingerprint density at radius 2 is 2.11 bits per heavy atom. The molecule has 0 unspecified atom stereocenters. The van der Waals surface area contributed by atoms with Crippen molar-refractivity contribution >= 4 is 11.6 Å². The van der Waals surface area contributed by atoms with Gasteiger partial charge in [0.1, 0.15) is 5.75 Å². The lowest BCUT2D eigenvalue weighted by molar-refractivity contribution is 0.0952. The Bertz CT molecular complexity index is 658. The number of hydrogen-bond donors (Lipinski definition) is 2. The summed E-state index contributed by atoms with van der Waals surface area (Å²) in [5.74, 6) is -0.453. The van der Waals surface area contributed by atoms with E-state index in [-0.39, 0.29) is 11.3 Å². The quantitative estimate of drug-likeness (QED) is 0.802. The molecule has 1 amide bonds. The lowest BCUT2D eigenvalue weighted by Gasteiger charge is -2.03. The first-order valence-electron chi connectivity index (χ1n) is 6.06. The Morgan fingerprint density at radius 1 is 1.26 bits per heavy atom. The van der Waals surface area contributed by atoms with Crippen molar-refractivity contribution in [2.75, 3.05) is 0 Å². The Hall–Kier alpha value is -2.56. The van der Waals surface area contributed by atoms with Crippen molar-refractivity contribution < 1.29 is 9.90 Å². The number of hydrazone groups is 1. The predicted octanol–water partition coefficient (Wildman–Crippen LogP) is 1.73. The number of para-hydroxylation sites is 1. The molecule has 2 N–H and O–H groups in total. The molecule has 2 heterocycles. The molecule has 0 spiro atoms. The SMILES string of the molecule is O=C(N/N=C1/CCn2cccc21)c1ccccc1O. The molecular formula is C14H13N3O2. The van der Waals surface area contributed by atoms with Gasteiger partial charge in [-0.15, -0.1) is 0 Å². The molecule has 0 aliphatic carbocycles. The largest absolute Gasteiger partial charge is 0.507 e. The number of nitrogens with zero attached hydrogens (tertiary/aromatic N) is 2. The van der Waals surface area contributed by atoms with Crippen molar-refractivity contribution in [3.63, 3.8) is 0 Å². The van der Waals surface area contributed by atoms with Crippen molar-refractivity contribution in [2.45, 2.75) is 13.0 Å². The summed E-state index contributed by atoms with van der Waals surface area (Å²) in [6, 6.07) is 10.3. The Morgan fingerprint density at radius 3 is 2.95 bits per heavy atom. The lowest BCUT2D eigenvalue weighted by atomic mass is 10.2. The monoisotopic (exact) mass is 255 g/mol. The van der Waals surface area contributed by atoms with Gasteiger partial charge in [0.2, 0.25) is 0 Å². The van der Waals surface area contributed by atoms with E-state index >= 15 is 0 Å². The zero-order valence-electron chi connectivity index (χ0n) is 10.2. The smallest absolute Gasteiger partial charge is 0.275 e. The molecule has 0 fully saturated rings. The number of fused-ring (bicyclic) bond motifs is 1. The third-order valence-electron chi connectivity index (χ3n) is 3.16. The molecule has 1 aliphatic heterocycles. The highest BCUT2D eigenvalue weighted by Crippen LogP contribution is 2.17. The van der Waals surface area contributed by atoms with Gasteiger partial charge in [-0.2, -0.15) is 5.10 Å². The van der Waals surface area contributed by atoms with Crippen molar-refractivity contribution in [1.29, 1.82) is 0 Å². The molecule has 0 radical (unpaired) electrons. The third-order valence-corrected chi connectivity index (χ3v) is 3.16. The van der Waals surface area contributed by atoms with Gasteiger partial charge in [0.05, 0.1) is 17.0 Å². The minimum atomic E-state index is -0.407. The van der Waals surface area contributed by atoms with Crippen LogP contribution in [0.4, 0.5) is 0 Å². The fraction of sp³-hybridized carbons (Fsp3) is 0.143. The predicted molar refractivity (Wildman–Crippen MR) is 71.2 cm³/mol. The van der Waals surface area contributed by atoms with Crippen molar-refractivity contribution in [3.8, 4) is 5.75 Å². The summed E-state index contributed by atoms with van der Waals surface area (Å²) in [6.45, 7) is 0.883. The number of phenolic OH excluding ortho intramolecular Hbond substituents is 1. The Kier molecular flexibility index (Phi) is 2.79. The van der Waals surface area contributed by atoms with Gasteiger partial charge in [0.25, 0.3) is 5.91 Å². The van der Waals surface area contributed by atoms with E-state index in [2.05, 4.69) is 15.1 Å². The standard InChI is InChI=1S/C14H13N3O2/c18-13-6-2-1-4-10(13)14(19)16-15-11-7-9-17-8-3-5-12(11)17/h1-6,8,18H,7,9H2,(H,16,19)/b15-11-. The fourth-order valence-corrected chi connectivity index (χ4v) is 2.18. The van der Waals surface area contributed by atoms with Gasteiger partial charge in [-0.3, -0.25) is 4.79 Å². The van der Waals surface area contributed by atoms with Gasteiger partial charge in [-0.25, -0.2) is 5.43 Å². The number of aromatic hydroxyl groups is 1. The number of aromatic nitrogens is 1. The average molecular weight is 255 g/mol. The number of phenols is 1. The minimum Gasteiger partial charge on any atom is -0.507 e. The number of carbonyl (C=O) groups excluding carboxylic acids is 1. The molecule has 5 heteroatoms. The molecule has 19 heavy (non-hydrogen) atoms. The van der Waals surface area contributed by atoms with Crippen LogP contribution >= 0.6 is 0 Å². The molecule has 3 rings (SSSR count). The Labute approximate surface area is 110 Å². The van der Waals surface area contributed by atoms with E-state index in [4.69, 9.17) is 0 Å². The normalized spacial score (nSPS) is 15.5. The van der Waals surface area contributed by atoms with Gasteiger partial charge in [0, 0.05) is 19.2 Å². The third kappa shape index (κ3) is 2.10. The van der Waals surface area contributed by atoms with E-state index < -0.39 is 5.91 Å². The highest BCUT2D eigenvalue weighted by Gasteiger charge is 2.17. The highest BCUT2D eigenvalue weighted by atomic mass is 16.3. The van der Waals surface area contributed by atoms with E-state index in [0.717, 1.165) is 24.4 Å². The van der Waals surface area contributed by atoms with Crippen LogP contribution in [0.5, 0.6) is 5.75 Å². The van der Waals surface area contributed by atoms with E-state index in [0.29, 0.717) is 0 Å². The van der Waals surface area contributed by atoms with Crippen LogP contribution < -0.4 is 5.43 Å². The summed E-state index contributed by atoms with van der Waals surface area (Å²) in [7, 11) is 0. The second-order valence-electron chi connectivity index (χ2n) is 4.35. The second kappa shape index (κ2) is 4.61. The lowest BCUT2D eigenvalue weighted by Crippen LogP contribution is -2.19. The first kappa shape index (κ1) is 11.5. The average Bonchev–Trinajstić information content (AvgIpc) is 3.00. The number of rotatable bonds is 2. The fourth-order valence-electron chi connectivity index (χ4n) is 2.18. The topological polar surface area (TPSA) is 66.6 Å². The molecule has 2 aromatic rings. The molecule has 5 nitrogen and oxygen atoms in total. The summed E-state index contributed by atoms with van der Waals surface area (Å²) in [4.78, 5) is 11.9. The maximum atomic E-state index is 11.9. The molecule has 0 saturated heterocycles. The minimum absolute atomic E-state index is 0.0463. The van der Waals surface area contributed by atoms with Crippen molar-refractivity contribution in [3.05, 3.63) is 53.9 Å². The number of amides is 1. The molecule has 0 bridgehead atoms. The first-order valence-corrected chi connectivity index (χ1v) is 6.06. The summed E-state index contributed by atoms with van der Waals surface area (Å²) < 4.78 is 2.09. The zero-order valence-corrected chi connectivity index (χ0v) is 10.2. The Balaban J connectivity index is 1.77. The summed E-state index contributed by atoms with van der Waals surface area (Å²) >= 11 is 0.